The Labute approximate surface area is 306 Å². The van der Waals surface area contributed by atoms with Gasteiger partial charge >= 0.3 is 5.97 Å². The van der Waals surface area contributed by atoms with Crippen LogP contribution in [0.4, 0.5) is 0 Å². The number of hydrogen-bond donors (Lipinski definition) is 3. The topological polar surface area (TPSA) is 158 Å². The summed E-state index contributed by atoms with van der Waals surface area (Å²) in [6.45, 7) is 15.5. The van der Waals surface area contributed by atoms with Crippen LogP contribution in [0.3, 0.4) is 0 Å². The van der Waals surface area contributed by atoms with E-state index in [1.165, 1.54) is 7.11 Å². The van der Waals surface area contributed by atoms with Crippen molar-refractivity contribution in [2.75, 3.05) is 55.6 Å². The highest BCUT2D eigenvalue weighted by Gasteiger charge is 2.52. The number of likely N-dealkylation sites (N-methyl/N-ethyl adjacent to an activating group) is 2. The number of ether oxygens (including phenoxy) is 8. The second kappa shape index (κ2) is 18.5. The Bertz CT molecular complexity index is 1090. The first-order valence-electron chi connectivity index (χ1n) is 18.6. The zero-order chi connectivity index (χ0) is 38.6. The molecule has 0 bridgehead atoms. The van der Waals surface area contributed by atoms with E-state index >= 15 is 0 Å². The highest BCUT2D eigenvalue weighted by Crippen LogP contribution is 2.41. The highest BCUT2D eigenvalue weighted by atomic mass is 16.7. The number of aliphatic hydroxyl groups excluding tert-OH is 3. The van der Waals surface area contributed by atoms with Crippen LogP contribution in [0.5, 0.6) is 0 Å². The minimum atomic E-state index is -1.07. The minimum absolute atomic E-state index is 0.158. The van der Waals surface area contributed by atoms with Crippen molar-refractivity contribution in [3.05, 3.63) is 0 Å². The van der Waals surface area contributed by atoms with Gasteiger partial charge in [0.15, 0.2) is 12.6 Å². The predicted molar refractivity (Wildman–Crippen MR) is 190 cm³/mol. The fourth-order valence-electron chi connectivity index (χ4n) is 8.28. The fraction of sp³-hybridized carbons (Fsp3) is 0.973. The van der Waals surface area contributed by atoms with Crippen molar-refractivity contribution in [2.24, 2.45) is 17.8 Å². The molecule has 3 fully saturated rings. The highest BCUT2D eigenvalue weighted by molar-refractivity contribution is 5.73. The van der Waals surface area contributed by atoms with Gasteiger partial charge in [0.1, 0.15) is 18.3 Å². The van der Waals surface area contributed by atoms with Gasteiger partial charge in [-0.05, 0) is 81.4 Å². The molecule has 3 rings (SSSR count). The molecule has 17 atom stereocenters. The summed E-state index contributed by atoms with van der Waals surface area (Å²) >= 11 is 0. The van der Waals surface area contributed by atoms with Gasteiger partial charge in [-0.15, -0.1) is 0 Å². The molecule has 0 spiro atoms. The molecule has 3 N–H and O–H groups in total. The molecule has 3 aliphatic heterocycles. The van der Waals surface area contributed by atoms with Crippen molar-refractivity contribution in [3.63, 3.8) is 0 Å². The summed E-state index contributed by atoms with van der Waals surface area (Å²) in [5.74, 6) is -2.22. The molecular formula is C37H70N2O12. The number of carbonyl (C=O) groups is 1. The number of esters is 1. The first kappa shape index (κ1) is 44.4. The Kier molecular flexibility index (Phi) is 16.1. The second-order valence-electron chi connectivity index (χ2n) is 16.2. The van der Waals surface area contributed by atoms with Crippen LogP contribution in [0.2, 0.25) is 0 Å². The Morgan fingerprint density at radius 2 is 1.53 bits per heavy atom. The van der Waals surface area contributed by atoms with Crippen molar-refractivity contribution in [1.29, 1.82) is 0 Å². The molecule has 0 aromatic heterocycles. The van der Waals surface area contributed by atoms with Gasteiger partial charge in [-0.2, -0.15) is 0 Å². The molecule has 0 aromatic rings. The molecule has 0 aromatic carbocycles. The molecule has 3 aliphatic rings. The Balaban J connectivity index is 2.17. The zero-order valence-electron chi connectivity index (χ0n) is 33.6. The Morgan fingerprint density at radius 1 is 0.902 bits per heavy atom. The number of aliphatic hydroxyl groups is 3. The first-order valence-corrected chi connectivity index (χ1v) is 18.6. The fourth-order valence-corrected chi connectivity index (χ4v) is 8.28. The quantitative estimate of drug-likeness (QED) is 0.296. The van der Waals surface area contributed by atoms with Crippen molar-refractivity contribution < 1.29 is 58.0 Å². The third-order valence-electron chi connectivity index (χ3n) is 11.9. The summed E-state index contributed by atoms with van der Waals surface area (Å²) in [6.07, 6.45) is -6.56. The minimum Gasteiger partial charge on any atom is -0.458 e. The molecule has 3 saturated heterocycles. The van der Waals surface area contributed by atoms with E-state index < -0.39 is 84.3 Å². The number of cyclic esters (lactones) is 1. The summed E-state index contributed by atoms with van der Waals surface area (Å²) in [7, 11) is 10.4. The smallest absolute Gasteiger partial charge is 0.311 e. The molecule has 0 aliphatic carbocycles. The summed E-state index contributed by atoms with van der Waals surface area (Å²) in [5.41, 5.74) is -2.04. The van der Waals surface area contributed by atoms with E-state index in [0.29, 0.717) is 19.4 Å². The van der Waals surface area contributed by atoms with Crippen LogP contribution in [0, 0.1) is 17.8 Å². The van der Waals surface area contributed by atoms with Gasteiger partial charge in [0, 0.05) is 52.3 Å². The van der Waals surface area contributed by atoms with Crippen molar-refractivity contribution in [3.8, 4) is 0 Å². The largest absolute Gasteiger partial charge is 0.458 e. The molecule has 14 heteroatoms. The predicted octanol–water partition coefficient (Wildman–Crippen LogP) is 2.04. The lowest BCUT2D eigenvalue weighted by Crippen LogP contribution is -2.61. The van der Waals surface area contributed by atoms with E-state index in [1.54, 1.807) is 35.0 Å². The summed E-state index contributed by atoms with van der Waals surface area (Å²) < 4.78 is 49.8. The molecule has 3 heterocycles. The molecule has 14 nitrogen and oxygen atoms in total. The lowest BCUT2D eigenvalue weighted by Gasteiger charge is -2.50. The van der Waals surface area contributed by atoms with E-state index in [9.17, 15) is 20.1 Å². The van der Waals surface area contributed by atoms with Crippen LogP contribution < -0.4 is 0 Å². The Hall–Kier alpha value is -1.01. The van der Waals surface area contributed by atoms with Crippen molar-refractivity contribution in [1.82, 2.24) is 9.80 Å². The molecule has 0 amide bonds. The van der Waals surface area contributed by atoms with Crippen LogP contribution >= 0.6 is 0 Å². The average molecular weight is 735 g/mol. The van der Waals surface area contributed by atoms with Crippen LogP contribution in [-0.2, 0) is 42.7 Å². The van der Waals surface area contributed by atoms with Gasteiger partial charge in [-0.3, -0.25) is 9.69 Å². The van der Waals surface area contributed by atoms with E-state index in [4.69, 9.17) is 37.9 Å². The van der Waals surface area contributed by atoms with Crippen molar-refractivity contribution >= 4 is 5.97 Å². The van der Waals surface area contributed by atoms with Crippen molar-refractivity contribution in [2.45, 2.75) is 159 Å². The van der Waals surface area contributed by atoms with Gasteiger partial charge in [0.05, 0.1) is 54.2 Å². The lowest BCUT2D eigenvalue weighted by molar-refractivity contribution is -0.319. The van der Waals surface area contributed by atoms with E-state index in [1.807, 2.05) is 65.6 Å². The van der Waals surface area contributed by atoms with Gasteiger partial charge in [0.25, 0.3) is 0 Å². The number of nitrogens with zero attached hydrogens (tertiary/aromatic N) is 2. The molecule has 51 heavy (non-hydrogen) atoms. The maximum absolute atomic E-state index is 14.1. The summed E-state index contributed by atoms with van der Waals surface area (Å²) in [5, 5.41) is 34.2. The zero-order valence-corrected chi connectivity index (χ0v) is 33.6. The standard InChI is InChI=1S/C37H70N2O12/c1-20-16-37(8,46-14)33(51-35-30(41)27(38(9)10)15-21(2)47-35)22(3)31(50-28-17-36(7,45-13)32(42)25(6)48-28)23(4)34(43)49-26(19-44-12)18-39(11)24(5)29(20)40/h20-33,35,40-42H,15-19H2,1-14H3/t20-,21-,22+,23-,24+,25+,26+,27+,28?,29+,30-,31+,32+,33-,35+,36-,37+/m1/s1. The molecule has 0 radical (unpaired) electrons. The molecule has 0 saturated carbocycles. The number of methoxy groups -OCH3 is 3. The summed E-state index contributed by atoms with van der Waals surface area (Å²) in [6, 6.07) is -0.527. The van der Waals surface area contributed by atoms with Crippen LogP contribution in [0.25, 0.3) is 0 Å². The Morgan fingerprint density at radius 3 is 2.10 bits per heavy atom. The van der Waals surface area contributed by atoms with Gasteiger partial charge in [-0.25, -0.2) is 0 Å². The van der Waals surface area contributed by atoms with Crippen LogP contribution in [0.15, 0.2) is 0 Å². The van der Waals surface area contributed by atoms with E-state index in [2.05, 4.69) is 0 Å². The maximum atomic E-state index is 14.1. The average Bonchev–Trinajstić information content (AvgIpc) is 3.07. The molecule has 1 unspecified atom stereocenters. The van der Waals surface area contributed by atoms with E-state index in [-0.39, 0.29) is 37.1 Å². The van der Waals surface area contributed by atoms with Gasteiger partial charge in [-0.1, -0.05) is 13.8 Å². The monoisotopic (exact) mass is 734 g/mol. The van der Waals surface area contributed by atoms with Crippen LogP contribution in [-0.4, -0.2) is 171 Å². The third kappa shape index (κ3) is 10.4. The third-order valence-corrected chi connectivity index (χ3v) is 11.9. The number of hydrogen-bond acceptors (Lipinski definition) is 14. The number of carbonyl (C=O) groups excluding carboxylic acids is 1. The van der Waals surface area contributed by atoms with Crippen LogP contribution in [0.1, 0.15) is 74.7 Å². The maximum Gasteiger partial charge on any atom is 0.311 e. The number of rotatable bonds is 9. The van der Waals surface area contributed by atoms with Gasteiger partial charge in [0.2, 0.25) is 0 Å². The lowest BCUT2D eigenvalue weighted by atomic mass is 9.76. The normalized spacial score (nSPS) is 47.2. The molecule has 300 valence electrons. The summed E-state index contributed by atoms with van der Waals surface area (Å²) in [4.78, 5) is 18.1. The first-order chi connectivity index (χ1) is 23.7. The second-order valence-corrected chi connectivity index (χ2v) is 16.2. The van der Waals surface area contributed by atoms with Gasteiger partial charge < -0.3 is 58.1 Å². The molecular weight excluding hydrogens is 664 g/mol. The SMILES string of the molecule is COC[C@@H]1CN(C)[C@@H](C)[C@@H](O)[C@H](C)C[C@](C)(OC)[C@H](O[C@@H]2O[C@H](C)C[C@H](N(C)C)[C@H]2O)[C@@H](C)[C@H](OC2C[C@@](C)(OC)[C@@H](O)[C@H](C)O2)[C@@H](C)C(=O)O1. The van der Waals surface area contributed by atoms with E-state index in [0.717, 1.165) is 0 Å².